The molecule has 0 bridgehead atoms. The number of hydrogen-bond donors (Lipinski definition) is 2. The van der Waals surface area contributed by atoms with Gasteiger partial charge in [0, 0.05) is 17.3 Å². The number of ether oxygens (including phenoxy) is 1. The molecule has 6 heteroatoms. The van der Waals surface area contributed by atoms with Gasteiger partial charge in [-0.15, -0.1) is 0 Å². The zero-order chi connectivity index (χ0) is 31.8. The highest BCUT2D eigenvalue weighted by molar-refractivity contribution is 6.00. The van der Waals surface area contributed by atoms with Gasteiger partial charge in [-0.1, -0.05) is 47.1 Å². The Morgan fingerprint density at radius 3 is 2.28 bits per heavy atom. The normalized spacial score (nSPS) is 40.4. The van der Waals surface area contributed by atoms with Crippen molar-refractivity contribution in [3.05, 3.63) is 11.1 Å². The van der Waals surface area contributed by atoms with E-state index < -0.39 is 11.4 Å². The summed E-state index contributed by atoms with van der Waals surface area (Å²) in [5.41, 5.74) is 1.93. The molecule has 0 aliphatic heterocycles. The Labute approximate surface area is 260 Å². The van der Waals surface area contributed by atoms with Gasteiger partial charge in [0.15, 0.2) is 5.78 Å². The molecule has 8 unspecified atom stereocenters. The van der Waals surface area contributed by atoms with E-state index in [-0.39, 0.29) is 46.1 Å². The number of allylic oxidation sites excluding steroid dienone is 2. The lowest BCUT2D eigenvalue weighted by Gasteiger charge is -2.69. The lowest BCUT2D eigenvalue weighted by Crippen LogP contribution is -2.63. The number of carboxylic acid groups (broad SMARTS) is 1. The number of hydrogen-bond acceptors (Lipinski definition) is 5. The van der Waals surface area contributed by atoms with Crippen LogP contribution in [0.5, 0.6) is 0 Å². The Morgan fingerprint density at radius 1 is 0.977 bits per heavy atom. The van der Waals surface area contributed by atoms with Crippen molar-refractivity contribution >= 4 is 17.7 Å². The first-order valence-corrected chi connectivity index (χ1v) is 17.3. The molecule has 0 spiro atoms. The Balaban J connectivity index is 1.41. The lowest BCUT2D eigenvalue weighted by atomic mass is 9.36. The van der Waals surface area contributed by atoms with Gasteiger partial charge in [-0.3, -0.25) is 14.4 Å². The molecular weight excluding hydrogens is 538 g/mol. The third-order valence-electron chi connectivity index (χ3n) is 14.0. The average molecular weight is 598 g/mol. The molecule has 5 rings (SSSR count). The maximum absolute atomic E-state index is 13.6. The van der Waals surface area contributed by atoms with Crippen molar-refractivity contribution < 1.29 is 24.2 Å². The van der Waals surface area contributed by atoms with Gasteiger partial charge in [-0.25, -0.2) is 0 Å². The van der Waals surface area contributed by atoms with Crippen molar-refractivity contribution in [3.8, 4) is 0 Å². The Kier molecular flexibility index (Phi) is 8.35. The minimum Gasteiger partial charge on any atom is -0.481 e. The van der Waals surface area contributed by atoms with E-state index >= 15 is 0 Å². The van der Waals surface area contributed by atoms with Crippen LogP contribution >= 0.6 is 0 Å². The molecule has 8 atom stereocenters. The topological polar surface area (TPSA) is 92.7 Å². The van der Waals surface area contributed by atoms with Crippen molar-refractivity contribution in [3.63, 3.8) is 0 Å². The SMILES string of the molecule is CNCCC12CCC3C(CCC4C3(C)CCC3C(C)(C)C(OC(=O)CC(C)(C)C(=O)O)CCC34C)C1=C(C(C)C)C(=O)C2. The van der Waals surface area contributed by atoms with Crippen LogP contribution in [0, 0.1) is 56.7 Å². The summed E-state index contributed by atoms with van der Waals surface area (Å²) >= 11 is 0. The first kappa shape index (κ1) is 32.7. The summed E-state index contributed by atoms with van der Waals surface area (Å²) in [5, 5.41) is 12.9. The molecule has 0 heterocycles. The van der Waals surface area contributed by atoms with Crippen molar-refractivity contribution in [2.24, 2.45) is 56.7 Å². The highest BCUT2D eigenvalue weighted by Crippen LogP contribution is 2.73. The number of carbonyl (C=O) groups excluding carboxylic acids is 2. The van der Waals surface area contributed by atoms with Crippen LogP contribution in [-0.2, 0) is 19.1 Å². The largest absolute Gasteiger partial charge is 0.481 e. The first-order chi connectivity index (χ1) is 19.9. The van der Waals surface area contributed by atoms with Gasteiger partial charge in [0.1, 0.15) is 6.10 Å². The van der Waals surface area contributed by atoms with Crippen molar-refractivity contribution in [1.82, 2.24) is 5.32 Å². The van der Waals surface area contributed by atoms with E-state index in [0.717, 1.165) is 45.1 Å². The molecule has 0 aromatic rings. The molecule has 242 valence electrons. The second-order valence-corrected chi connectivity index (χ2v) is 17.4. The van der Waals surface area contributed by atoms with E-state index in [1.807, 2.05) is 7.05 Å². The van der Waals surface area contributed by atoms with Gasteiger partial charge in [0.05, 0.1) is 11.8 Å². The van der Waals surface area contributed by atoms with Crippen molar-refractivity contribution in [2.45, 2.75) is 132 Å². The van der Waals surface area contributed by atoms with Gasteiger partial charge in [0.25, 0.3) is 0 Å². The highest BCUT2D eigenvalue weighted by Gasteiger charge is 2.66. The second kappa shape index (κ2) is 11.0. The predicted octanol–water partition coefficient (Wildman–Crippen LogP) is 7.60. The van der Waals surface area contributed by atoms with Gasteiger partial charge < -0.3 is 15.2 Å². The van der Waals surface area contributed by atoms with Crippen molar-refractivity contribution in [2.75, 3.05) is 13.6 Å². The number of aliphatic carboxylic acids is 1. The zero-order valence-corrected chi connectivity index (χ0v) is 28.5. The van der Waals surface area contributed by atoms with Gasteiger partial charge in [0.2, 0.25) is 0 Å². The molecule has 0 aromatic heterocycles. The molecule has 5 aliphatic carbocycles. The third kappa shape index (κ3) is 5.04. The number of esters is 1. The average Bonchev–Trinajstić information content (AvgIpc) is 3.21. The molecule has 0 aromatic carbocycles. The van der Waals surface area contributed by atoms with Gasteiger partial charge >= 0.3 is 11.9 Å². The van der Waals surface area contributed by atoms with Crippen LogP contribution in [0.4, 0.5) is 0 Å². The number of rotatable bonds is 8. The summed E-state index contributed by atoms with van der Waals surface area (Å²) < 4.78 is 6.12. The van der Waals surface area contributed by atoms with Crippen LogP contribution in [0.25, 0.3) is 0 Å². The fraction of sp³-hybridized carbons (Fsp3) is 0.865. The van der Waals surface area contributed by atoms with Crippen LogP contribution in [0.3, 0.4) is 0 Å². The summed E-state index contributed by atoms with van der Waals surface area (Å²) in [6.45, 7) is 18.4. The molecule has 2 N–H and O–H groups in total. The maximum atomic E-state index is 13.6. The number of carboxylic acids is 1. The van der Waals surface area contributed by atoms with E-state index in [4.69, 9.17) is 4.74 Å². The molecule has 6 nitrogen and oxygen atoms in total. The molecule has 0 radical (unpaired) electrons. The number of ketones is 1. The Hall–Kier alpha value is -1.69. The molecule has 4 saturated carbocycles. The minimum atomic E-state index is -1.13. The summed E-state index contributed by atoms with van der Waals surface area (Å²) in [7, 11) is 2.03. The maximum Gasteiger partial charge on any atom is 0.309 e. The van der Waals surface area contributed by atoms with Crippen molar-refractivity contribution in [1.29, 1.82) is 0 Å². The van der Waals surface area contributed by atoms with Crippen LogP contribution in [0.1, 0.15) is 126 Å². The summed E-state index contributed by atoms with van der Waals surface area (Å²) in [4.78, 5) is 38.2. The summed E-state index contributed by atoms with van der Waals surface area (Å²) in [5.74, 6) is 1.57. The Morgan fingerprint density at radius 2 is 1.65 bits per heavy atom. The number of Topliss-reactive ketones (excluding diaryl/α,β-unsaturated/α-hetero) is 1. The first-order valence-electron chi connectivity index (χ1n) is 17.3. The standard InChI is InChI=1S/C37H59NO5/c1-22(2)30-25(39)20-37(18-19-38-9)17-12-24-23(31(30)37)10-11-27-35(24,7)15-13-26-34(5,6)28(14-16-36(26,27)8)43-29(40)21-33(3,4)32(41)42/h22-24,26-28,38H,10-21H2,1-9H3,(H,41,42). The number of fused-ring (bicyclic) bond motifs is 7. The predicted molar refractivity (Wildman–Crippen MR) is 169 cm³/mol. The smallest absolute Gasteiger partial charge is 0.309 e. The lowest BCUT2D eigenvalue weighted by molar-refractivity contribution is -0.213. The third-order valence-corrected chi connectivity index (χ3v) is 14.0. The number of carbonyl (C=O) groups is 3. The van der Waals surface area contributed by atoms with E-state index in [2.05, 4.69) is 46.9 Å². The van der Waals surface area contributed by atoms with E-state index in [9.17, 15) is 19.5 Å². The van der Waals surface area contributed by atoms with Crippen LogP contribution < -0.4 is 5.32 Å². The molecular formula is C37H59NO5. The molecule has 0 amide bonds. The van der Waals surface area contributed by atoms with E-state index in [1.165, 1.54) is 31.3 Å². The van der Waals surface area contributed by atoms with E-state index in [1.54, 1.807) is 19.4 Å². The van der Waals surface area contributed by atoms with Crippen LogP contribution in [-0.4, -0.2) is 42.5 Å². The van der Waals surface area contributed by atoms with E-state index in [0.29, 0.717) is 29.5 Å². The summed E-state index contributed by atoms with van der Waals surface area (Å²) in [6, 6.07) is 0. The van der Waals surface area contributed by atoms with Crippen LogP contribution in [0.15, 0.2) is 11.1 Å². The fourth-order valence-electron chi connectivity index (χ4n) is 11.9. The zero-order valence-electron chi connectivity index (χ0n) is 28.5. The monoisotopic (exact) mass is 597 g/mol. The van der Waals surface area contributed by atoms with Crippen LogP contribution in [0.2, 0.25) is 0 Å². The molecule has 5 aliphatic rings. The fourth-order valence-corrected chi connectivity index (χ4v) is 11.9. The Bertz CT molecular complexity index is 1180. The quantitative estimate of drug-likeness (QED) is 0.280. The highest BCUT2D eigenvalue weighted by atomic mass is 16.5. The number of nitrogens with one attached hydrogen (secondary N) is 1. The molecule has 4 fully saturated rings. The van der Waals surface area contributed by atoms with Gasteiger partial charge in [-0.2, -0.15) is 0 Å². The second-order valence-electron chi connectivity index (χ2n) is 17.4. The van der Waals surface area contributed by atoms with Gasteiger partial charge in [-0.05, 0) is 131 Å². The summed E-state index contributed by atoms with van der Waals surface area (Å²) in [6.07, 6.45) is 10.5. The minimum absolute atomic E-state index is 0.0598. The molecule has 0 saturated heterocycles. The molecule has 43 heavy (non-hydrogen) atoms.